The molecule has 0 bridgehead atoms. The average Bonchev–Trinajstić information content (AvgIpc) is 2.38. The molecule has 19 heavy (non-hydrogen) atoms. The topological polar surface area (TPSA) is 55.6 Å². The van der Waals surface area contributed by atoms with Gasteiger partial charge < -0.3 is 10.5 Å². The summed E-state index contributed by atoms with van der Waals surface area (Å²) in [5.41, 5.74) is 6.75. The van der Waals surface area contributed by atoms with Crippen LogP contribution in [0.25, 0.3) is 0 Å². The van der Waals surface area contributed by atoms with Gasteiger partial charge in [-0.2, -0.15) is 0 Å². The van der Waals surface area contributed by atoms with Gasteiger partial charge in [-0.05, 0) is 44.3 Å². The van der Waals surface area contributed by atoms with E-state index >= 15 is 0 Å². The van der Waals surface area contributed by atoms with Gasteiger partial charge in [0.25, 0.3) is 0 Å². The summed E-state index contributed by atoms with van der Waals surface area (Å²) in [7, 11) is 0. The highest BCUT2D eigenvalue weighted by atomic mass is 35.5. The number of likely N-dealkylation sites (N-methyl/N-ethyl adjacent to an activating group) is 1. The number of rotatable bonds is 6. The summed E-state index contributed by atoms with van der Waals surface area (Å²) >= 11 is 0. The molecule has 0 radical (unpaired) electrons. The van der Waals surface area contributed by atoms with Crippen molar-refractivity contribution in [3.63, 3.8) is 0 Å². The van der Waals surface area contributed by atoms with Gasteiger partial charge in [-0.15, -0.1) is 12.4 Å². The number of ether oxygens (including phenoxy) is 1. The zero-order chi connectivity index (χ0) is 13.5. The van der Waals surface area contributed by atoms with Gasteiger partial charge in [-0.3, -0.25) is 4.90 Å². The Morgan fingerprint density at radius 3 is 2.26 bits per heavy atom. The predicted molar refractivity (Wildman–Crippen MR) is 80.8 cm³/mol. The van der Waals surface area contributed by atoms with Crippen molar-refractivity contribution in [2.45, 2.75) is 26.8 Å². The maximum Gasteiger partial charge on any atom is 0.338 e. The first-order chi connectivity index (χ1) is 8.58. The molecule has 0 aliphatic rings. The Bertz CT molecular complexity index is 378. The molecule has 0 aliphatic heterocycles. The van der Waals surface area contributed by atoms with E-state index in [1.807, 2.05) is 0 Å². The van der Waals surface area contributed by atoms with E-state index in [9.17, 15) is 4.79 Å². The van der Waals surface area contributed by atoms with E-state index in [1.165, 1.54) is 0 Å². The molecule has 5 heteroatoms. The summed E-state index contributed by atoms with van der Waals surface area (Å²) in [5, 5.41) is 0. The second kappa shape index (κ2) is 8.77. The van der Waals surface area contributed by atoms with Crippen LogP contribution in [0.2, 0.25) is 0 Å². The minimum absolute atomic E-state index is 0. The number of hydrogen-bond donors (Lipinski definition) is 1. The van der Waals surface area contributed by atoms with Gasteiger partial charge >= 0.3 is 5.97 Å². The zero-order valence-corrected chi connectivity index (χ0v) is 12.6. The lowest BCUT2D eigenvalue weighted by molar-refractivity contribution is 0.0381. The number of carbonyl (C=O) groups is 1. The Kier molecular flexibility index (Phi) is 8.19. The summed E-state index contributed by atoms with van der Waals surface area (Å²) in [6.45, 7) is 8.58. The predicted octanol–water partition coefficient (Wildman–Crippen LogP) is 2.58. The van der Waals surface area contributed by atoms with E-state index in [4.69, 9.17) is 10.5 Å². The van der Waals surface area contributed by atoms with Crippen molar-refractivity contribution in [1.29, 1.82) is 0 Å². The largest absolute Gasteiger partial charge is 0.460 e. The fourth-order valence-electron chi connectivity index (χ4n) is 1.85. The summed E-state index contributed by atoms with van der Waals surface area (Å²) in [6.07, 6.45) is 0. The molecule has 0 fully saturated rings. The van der Waals surface area contributed by atoms with E-state index in [1.54, 1.807) is 24.3 Å². The first-order valence-corrected chi connectivity index (χ1v) is 6.35. The number of esters is 1. The molecule has 2 N–H and O–H groups in total. The quantitative estimate of drug-likeness (QED) is 0.645. The third kappa shape index (κ3) is 5.49. The maximum absolute atomic E-state index is 11.8. The number of nitrogens with two attached hydrogens (primary N) is 1. The Labute approximate surface area is 121 Å². The van der Waals surface area contributed by atoms with Crippen LogP contribution in [0, 0.1) is 0 Å². The molecule has 0 saturated carbocycles. The van der Waals surface area contributed by atoms with E-state index in [2.05, 4.69) is 25.7 Å². The molecule has 0 amide bonds. The van der Waals surface area contributed by atoms with Crippen LogP contribution in [0.4, 0.5) is 5.69 Å². The molecular formula is C14H23ClN2O2. The Hall–Kier alpha value is -1.26. The number of benzene rings is 1. The molecule has 0 aromatic heterocycles. The first-order valence-electron chi connectivity index (χ1n) is 6.35. The molecule has 1 aromatic carbocycles. The van der Waals surface area contributed by atoms with Crippen molar-refractivity contribution in [3.05, 3.63) is 29.8 Å². The third-order valence-corrected chi connectivity index (χ3v) is 3.04. The van der Waals surface area contributed by atoms with Crippen molar-refractivity contribution in [1.82, 2.24) is 4.90 Å². The molecule has 0 heterocycles. The van der Waals surface area contributed by atoms with Gasteiger partial charge in [0, 0.05) is 11.7 Å². The van der Waals surface area contributed by atoms with Crippen molar-refractivity contribution in [2.75, 3.05) is 25.4 Å². The highest BCUT2D eigenvalue weighted by Gasteiger charge is 2.13. The number of carbonyl (C=O) groups excluding carboxylic acids is 1. The van der Waals surface area contributed by atoms with Crippen molar-refractivity contribution in [3.8, 4) is 0 Å². The van der Waals surface area contributed by atoms with Crippen LogP contribution in [0.1, 0.15) is 31.1 Å². The van der Waals surface area contributed by atoms with Crippen LogP contribution in [-0.4, -0.2) is 36.6 Å². The third-order valence-electron chi connectivity index (χ3n) is 3.04. The molecule has 108 valence electrons. The maximum atomic E-state index is 11.8. The van der Waals surface area contributed by atoms with Crippen molar-refractivity contribution < 1.29 is 9.53 Å². The molecule has 4 nitrogen and oxygen atoms in total. The van der Waals surface area contributed by atoms with Crippen molar-refractivity contribution in [2.24, 2.45) is 0 Å². The highest BCUT2D eigenvalue weighted by molar-refractivity contribution is 5.89. The van der Waals surface area contributed by atoms with E-state index < -0.39 is 0 Å². The minimum atomic E-state index is -0.297. The molecule has 1 atom stereocenters. The normalized spacial score (nSPS) is 11.8. The lowest BCUT2D eigenvalue weighted by Crippen LogP contribution is -2.36. The average molecular weight is 287 g/mol. The molecular weight excluding hydrogens is 264 g/mol. The number of hydrogen-bond acceptors (Lipinski definition) is 4. The molecule has 1 rings (SSSR count). The van der Waals surface area contributed by atoms with E-state index in [0.29, 0.717) is 17.9 Å². The SMILES string of the molecule is CCN(CC)C(C)COC(=O)c1ccc(N)cc1.Cl. The second-order valence-electron chi connectivity index (χ2n) is 4.29. The summed E-state index contributed by atoms with van der Waals surface area (Å²) in [6, 6.07) is 6.99. The van der Waals surface area contributed by atoms with E-state index in [-0.39, 0.29) is 24.4 Å². The second-order valence-corrected chi connectivity index (χ2v) is 4.29. The van der Waals surface area contributed by atoms with Crippen LogP contribution in [-0.2, 0) is 4.74 Å². The van der Waals surface area contributed by atoms with Crippen molar-refractivity contribution >= 4 is 24.1 Å². The fourth-order valence-corrected chi connectivity index (χ4v) is 1.85. The first kappa shape index (κ1) is 17.7. The molecule has 0 aliphatic carbocycles. The number of anilines is 1. The van der Waals surface area contributed by atoms with Gasteiger partial charge in [-0.25, -0.2) is 4.79 Å². The monoisotopic (exact) mass is 286 g/mol. The fraction of sp³-hybridized carbons (Fsp3) is 0.500. The highest BCUT2D eigenvalue weighted by Crippen LogP contribution is 2.08. The van der Waals surface area contributed by atoms with Crippen LogP contribution >= 0.6 is 12.4 Å². The lowest BCUT2D eigenvalue weighted by Gasteiger charge is -2.25. The van der Waals surface area contributed by atoms with Gasteiger partial charge in [0.15, 0.2) is 0 Å². The zero-order valence-electron chi connectivity index (χ0n) is 11.8. The molecule has 0 spiro atoms. The Morgan fingerprint density at radius 2 is 1.79 bits per heavy atom. The van der Waals surface area contributed by atoms with Crippen LogP contribution < -0.4 is 5.73 Å². The number of nitrogen functional groups attached to an aromatic ring is 1. The standard InChI is InChI=1S/C14H22N2O2.ClH/c1-4-16(5-2)11(3)10-18-14(17)12-6-8-13(15)9-7-12;/h6-9,11H,4-5,10,15H2,1-3H3;1H. The lowest BCUT2D eigenvalue weighted by atomic mass is 10.2. The van der Waals surface area contributed by atoms with Crippen LogP contribution in [0.15, 0.2) is 24.3 Å². The molecule has 1 unspecified atom stereocenters. The van der Waals surface area contributed by atoms with E-state index in [0.717, 1.165) is 13.1 Å². The van der Waals surface area contributed by atoms with Gasteiger partial charge in [0.1, 0.15) is 6.61 Å². The number of halogens is 1. The summed E-state index contributed by atoms with van der Waals surface area (Å²) in [4.78, 5) is 14.0. The molecule has 0 saturated heterocycles. The summed E-state index contributed by atoms with van der Waals surface area (Å²) < 4.78 is 5.29. The minimum Gasteiger partial charge on any atom is -0.460 e. The Balaban J connectivity index is 0.00000324. The molecule has 1 aromatic rings. The number of nitrogens with zero attached hydrogens (tertiary/aromatic N) is 1. The van der Waals surface area contributed by atoms with Crippen LogP contribution in [0.3, 0.4) is 0 Å². The van der Waals surface area contributed by atoms with Crippen LogP contribution in [0.5, 0.6) is 0 Å². The smallest absolute Gasteiger partial charge is 0.338 e. The van der Waals surface area contributed by atoms with Gasteiger partial charge in [-0.1, -0.05) is 13.8 Å². The Morgan fingerprint density at radius 1 is 1.26 bits per heavy atom. The summed E-state index contributed by atoms with van der Waals surface area (Å²) in [5.74, 6) is -0.297. The van der Waals surface area contributed by atoms with Gasteiger partial charge in [0.05, 0.1) is 5.56 Å². The van der Waals surface area contributed by atoms with Gasteiger partial charge in [0.2, 0.25) is 0 Å².